The molecule has 0 radical (unpaired) electrons. The molecular weight excluding hydrogens is 212 g/mol. The van der Waals surface area contributed by atoms with E-state index in [0.29, 0.717) is 6.54 Å². The van der Waals surface area contributed by atoms with E-state index in [0.717, 1.165) is 32.1 Å². The van der Waals surface area contributed by atoms with Gasteiger partial charge in [0.25, 0.3) is 0 Å². The van der Waals surface area contributed by atoms with Gasteiger partial charge >= 0.3 is 0 Å². The largest absolute Gasteiger partial charge is 0.329 e. The fourth-order valence-corrected chi connectivity index (χ4v) is 3.84. The first-order chi connectivity index (χ1) is 7.11. The Morgan fingerprint density at radius 2 is 2.07 bits per heavy atom. The Morgan fingerprint density at radius 3 is 2.67 bits per heavy atom. The fourth-order valence-electron chi connectivity index (χ4n) is 2.19. The van der Waals surface area contributed by atoms with Crippen LogP contribution in [0.3, 0.4) is 0 Å². The van der Waals surface area contributed by atoms with Crippen molar-refractivity contribution < 1.29 is 8.42 Å². The van der Waals surface area contributed by atoms with E-state index in [1.807, 2.05) is 0 Å². The molecule has 1 atom stereocenters. The van der Waals surface area contributed by atoms with E-state index in [4.69, 9.17) is 5.73 Å². The van der Waals surface area contributed by atoms with Gasteiger partial charge in [-0.15, -0.1) is 0 Å². The summed E-state index contributed by atoms with van der Waals surface area (Å²) in [5.74, 6) is 0.0868. The van der Waals surface area contributed by atoms with E-state index in [1.165, 1.54) is 0 Å². The molecule has 1 rings (SSSR count). The predicted molar refractivity (Wildman–Crippen MR) is 62.1 cm³/mol. The molecule has 2 N–H and O–H groups in total. The van der Waals surface area contributed by atoms with Crippen LogP contribution in [0.15, 0.2) is 0 Å². The topological polar surface area (TPSA) is 63.4 Å². The molecule has 4 nitrogen and oxygen atoms in total. The number of nitrogens with two attached hydrogens (primary N) is 1. The van der Waals surface area contributed by atoms with Crippen LogP contribution in [0.1, 0.15) is 39.0 Å². The summed E-state index contributed by atoms with van der Waals surface area (Å²) in [5.41, 5.74) is 5.34. The monoisotopic (exact) mass is 234 g/mol. The van der Waals surface area contributed by atoms with Crippen LogP contribution in [-0.2, 0) is 10.0 Å². The molecule has 1 fully saturated rings. The van der Waals surface area contributed by atoms with Crippen molar-refractivity contribution in [3.63, 3.8) is 0 Å². The van der Waals surface area contributed by atoms with E-state index in [2.05, 4.69) is 6.92 Å². The molecule has 0 aliphatic carbocycles. The minimum absolute atomic E-state index is 0.0868. The summed E-state index contributed by atoms with van der Waals surface area (Å²) in [5, 5.41) is 0. The summed E-state index contributed by atoms with van der Waals surface area (Å²) in [7, 11) is -3.11. The zero-order valence-corrected chi connectivity index (χ0v) is 10.3. The Hall–Kier alpha value is -0.130. The van der Waals surface area contributed by atoms with Crippen molar-refractivity contribution in [1.29, 1.82) is 0 Å². The average molecular weight is 234 g/mol. The molecular formula is C10H22N2O2S. The first-order valence-corrected chi connectivity index (χ1v) is 7.42. The lowest BCUT2D eigenvalue weighted by Gasteiger charge is -2.28. The second-order valence-electron chi connectivity index (χ2n) is 4.13. The SMILES string of the molecule is CCC1CCCCCN1S(=O)(=O)CCN. The third-order valence-electron chi connectivity index (χ3n) is 3.03. The molecule has 90 valence electrons. The maximum absolute atomic E-state index is 12.0. The van der Waals surface area contributed by atoms with Gasteiger partial charge in [-0.3, -0.25) is 0 Å². The lowest BCUT2D eigenvalue weighted by molar-refractivity contribution is 0.315. The molecule has 5 heteroatoms. The van der Waals surface area contributed by atoms with Gasteiger partial charge in [0.05, 0.1) is 5.75 Å². The van der Waals surface area contributed by atoms with Crippen molar-refractivity contribution in [2.45, 2.75) is 45.1 Å². The van der Waals surface area contributed by atoms with E-state index < -0.39 is 10.0 Å². The highest BCUT2D eigenvalue weighted by molar-refractivity contribution is 7.89. The van der Waals surface area contributed by atoms with Gasteiger partial charge in [0.2, 0.25) is 10.0 Å². The normalized spacial score (nSPS) is 25.1. The van der Waals surface area contributed by atoms with E-state index in [9.17, 15) is 8.42 Å². The second-order valence-corrected chi connectivity index (χ2v) is 6.17. The van der Waals surface area contributed by atoms with Gasteiger partial charge in [-0.1, -0.05) is 19.8 Å². The molecule has 1 aliphatic heterocycles. The Bertz CT molecular complexity index is 277. The summed E-state index contributed by atoms with van der Waals surface area (Å²) < 4.78 is 25.6. The van der Waals surface area contributed by atoms with Crippen LogP contribution in [0.25, 0.3) is 0 Å². The molecule has 0 aromatic heterocycles. The zero-order chi connectivity index (χ0) is 11.3. The average Bonchev–Trinajstić information content (AvgIpc) is 2.42. The molecule has 0 saturated carbocycles. The summed E-state index contributed by atoms with van der Waals surface area (Å²) in [6.45, 7) is 2.96. The first kappa shape index (κ1) is 12.9. The number of rotatable bonds is 4. The van der Waals surface area contributed by atoms with Gasteiger partial charge in [0.1, 0.15) is 0 Å². The molecule has 0 bridgehead atoms. The van der Waals surface area contributed by atoms with Gasteiger partial charge < -0.3 is 5.73 Å². The molecule has 15 heavy (non-hydrogen) atoms. The highest BCUT2D eigenvalue weighted by atomic mass is 32.2. The van der Waals surface area contributed by atoms with Crippen LogP contribution >= 0.6 is 0 Å². The summed E-state index contributed by atoms with van der Waals surface area (Å²) in [6, 6.07) is 0.198. The van der Waals surface area contributed by atoms with Crippen LogP contribution in [0.4, 0.5) is 0 Å². The lowest BCUT2D eigenvalue weighted by atomic mass is 10.1. The Morgan fingerprint density at radius 1 is 1.33 bits per heavy atom. The fraction of sp³-hybridized carbons (Fsp3) is 1.00. The van der Waals surface area contributed by atoms with Crippen LogP contribution in [0.5, 0.6) is 0 Å². The van der Waals surface area contributed by atoms with Crippen molar-refractivity contribution in [3.05, 3.63) is 0 Å². The summed E-state index contributed by atoms with van der Waals surface area (Å²) in [4.78, 5) is 0. The summed E-state index contributed by atoms with van der Waals surface area (Å²) >= 11 is 0. The Labute approximate surface area is 92.9 Å². The highest BCUT2D eigenvalue weighted by Gasteiger charge is 2.29. The molecule has 0 amide bonds. The van der Waals surface area contributed by atoms with Crippen LogP contribution < -0.4 is 5.73 Å². The molecule has 1 saturated heterocycles. The first-order valence-electron chi connectivity index (χ1n) is 5.81. The van der Waals surface area contributed by atoms with E-state index in [1.54, 1.807) is 4.31 Å². The van der Waals surface area contributed by atoms with Gasteiger partial charge in [-0.05, 0) is 19.3 Å². The van der Waals surface area contributed by atoms with Gasteiger partial charge in [0, 0.05) is 19.1 Å². The third kappa shape index (κ3) is 3.43. The van der Waals surface area contributed by atoms with Gasteiger partial charge in [0.15, 0.2) is 0 Å². The van der Waals surface area contributed by atoms with Crippen molar-refractivity contribution in [2.75, 3.05) is 18.8 Å². The maximum Gasteiger partial charge on any atom is 0.215 e. The maximum atomic E-state index is 12.0. The smallest absolute Gasteiger partial charge is 0.215 e. The van der Waals surface area contributed by atoms with Gasteiger partial charge in [-0.2, -0.15) is 4.31 Å². The molecule has 0 spiro atoms. The number of sulfonamides is 1. The quantitative estimate of drug-likeness (QED) is 0.787. The van der Waals surface area contributed by atoms with Crippen molar-refractivity contribution in [3.8, 4) is 0 Å². The van der Waals surface area contributed by atoms with Crippen LogP contribution in [-0.4, -0.2) is 37.6 Å². The Balaban J connectivity index is 2.78. The minimum atomic E-state index is -3.11. The second kappa shape index (κ2) is 5.82. The summed E-state index contributed by atoms with van der Waals surface area (Å²) in [6.07, 6.45) is 5.18. The van der Waals surface area contributed by atoms with Crippen LogP contribution in [0.2, 0.25) is 0 Å². The predicted octanol–water partition coefficient (Wildman–Crippen LogP) is 0.929. The lowest BCUT2D eigenvalue weighted by Crippen LogP contribution is -2.42. The minimum Gasteiger partial charge on any atom is -0.329 e. The molecule has 1 heterocycles. The number of nitrogens with zero attached hydrogens (tertiary/aromatic N) is 1. The standard InChI is InChI=1S/C10H22N2O2S/c1-2-10-6-4-3-5-8-12(10)15(13,14)9-7-11/h10H,2-9,11H2,1H3. The highest BCUT2D eigenvalue weighted by Crippen LogP contribution is 2.22. The molecule has 1 aliphatic rings. The Kier molecular flexibility index (Phi) is 5.02. The van der Waals surface area contributed by atoms with Crippen LogP contribution in [0, 0.1) is 0 Å². The zero-order valence-electron chi connectivity index (χ0n) is 9.48. The molecule has 0 aromatic carbocycles. The number of hydrogen-bond donors (Lipinski definition) is 1. The molecule has 0 aromatic rings. The van der Waals surface area contributed by atoms with E-state index in [-0.39, 0.29) is 18.3 Å². The third-order valence-corrected chi connectivity index (χ3v) is 4.97. The van der Waals surface area contributed by atoms with Crippen molar-refractivity contribution in [1.82, 2.24) is 4.31 Å². The van der Waals surface area contributed by atoms with Crippen molar-refractivity contribution in [2.24, 2.45) is 5.73 Å². The van der Waals surface area contributed by atoms with Gasteiger partial charge in [-0.25, -0.2) is 8.42 Å². The van der Waals surface area contributed by atoms with Crippen molar-refractivity contribution >= 4 is 10.0 Å². The van der Waals surface area contributed by atoms with E-state index >= 15 is 0 Å². The molecule has 1 unspecified atom stereocenters. The number of hydrogen-bond acceptors (Lipinski definition) is 3.